The fourth-order valence-corrected chi connectivity index (χ4v) is 1.82. The number of aromatic nitrogens is 1. The van der Waals surface area contributed by atoms with Crippen LogP contribution in [0.4, 0.5) is 0 Å². The lowest BCUT2D eigenvalue weighted by Crippen LogP contribution is -2.12. The van der Waals surface area contributed by atoms with Crippen LogP contribution in [0.3, 0.4) is 0 Å². The summed E-state index contributed by atoms with van der Waals surface area (Å²) in [6, 6.07) is 3.90. The van der Waals surface area contributed by atoms with Gasteiger partial charge in [-0.05, 0) is 36.8 Å². The maximum Gasteiger partial charge on any atom is 0.316 e. The lowest BCUT2D eigenvalue weighted by molar-refractivity contribution is -0.136. The number of carbonyl (C=O) groups is 1. The molecule has 5 heteroatoms. The molecule has 1 aromatic rings. The lowest BCUT2D eigenvalue weighted by Gasteiger charge is -2.05. The molecule has 1 aromatic heterocycles. The number of carboxylic acid groups (broad SMARTS) is 1. The van der Waals surface area contributed by atoms with Crippen molar-refractivity contribution in [3.05, 3.63) is 30.1 Å². The minimum atomic E-state index is -0.746. The normalized spacial score (nSPS) is 11.5. The van der Waals surface area contributed by atoms with Crippen molar-refractivity contribution in [3.8, 4) is 0 Å². The van der Waals surface area contributed by atoms with Gasteiger partial charge in [0.25, 0.3) is 0 Å². The maximum absolute atomic E-state index is 10.5. The number of nitrogens with zero attached hydrogens (tertiary/aromatic N) is 1. The standard InChI is InChI=1S/C10H13NO2S.ClH/c1-8(10(12)13)14-7-4-9-2-5-11-6-3-9;/h2-3,5-6,8H,4,7H2,1H3,(H,12,13);1H. The number of thioether (sulfide) groups is 1. The molecular weight excluding hydrogens is 234 g/mol. The van der Waals surface area contributed by atoms with Gasteiger partial charge in [-0.3, -0.25) is 9.78 Å². The Morgan fingerprint density at radius 2 is 2.13 bits per heavy atom. The number of aryl methyl sites for hydroxylation is 1. The van der Waals surface area contributed by atoms with Crippen LogP contribution in [0.1, 0.15) is 12.5 Å². The molecule has 3 nitrogen and oxygen atoms in total. The highest BCUT2D eigenvalue weighted by Gasteiger charge is 2.10. The second-order valence-electron chi connectivity index (χ2n) is 2.96. The predicted molar refractivity (Wildman–Crippen MR) is 64.7 cm³/mol. The maximum atomic E-state index is 10.5. The molecule has 0 radical (unpaired) electrons. The zero-order valence-electron chi connectivity index (χ0n) is 8.42. The van der Waals surface area contributed by atoms with Crippen LogP contribution in [0.15, 0.2) is 24.5 Å². The topological polar surface area (TPSA) is 50.2 Å². The molecule has 84 valence electrons. The van der Waals surface area contributed by atoms with Crippen LogP contribution in [0, 0.1) is 0 Å². The van der Waals surface area contributed by atoms with Gasteiger partial charge in [0.15, 0.2) is 0 Å². The van der Waals surface area contributed by atoms with Gasteiger partial charge < -0.3 is 5.11 Å². The molecule has 0 saturated heterocycles. The van der Waals surface area contributed by atoms with Gasteiger partial charge in [-0.1, -0.05) is 0 Å². The van der Waals surface area contributed by atoms with Gasteiger partial charge in [-0.15, -0.1) is 24.2 Å². The van der Waals surface area contributed by atoms with Gasteiger partial charge in [0, 0.05) is 12.4 Å². The number of carboxylic acids is 1. The monoisotopic (exact) mass is 247 g/mol. The molecule has 0 aliphatic carbocycles. The summed E-state index contributed by atoms with van der Waals surface area (Å²) in [5.41, 5.74) is 1.20. The summed E-state index contributed by atoms with van der Waals surface area (Å²) in [4.78, 5) is 14.4. The number of pyridine rings is 1. The van der Waals surface area contributed by atoms with Crippen LogP contribution in [0.2, 0.25) is 0 Å². The van der Waals surface area contributed by atoms with E-state index < -0.39 is 5.97 Å². The van der Waals surface area contributed by atoms with Crippen molar-refractivity contribution < 1.29 is 9.90 Å². The summed E-state index contributed by atoms with van der Waals surface area (Å²) in [5, 5.41) is 8.33. The van der Waals surface area contributed by atoms with Crippen LogP contribution >= 0.6 is 24.2 Å². The average molecular weight is 248 g/mol. The molecule has 0 amide bonds. The van der Waals surface area contributed by atoms with Crippen molar-refractivity contribution in [2.24, 2.45) is 0 Å². The van der Waals surface area contributed by atoms with E-state index in [4.69, 9.17) is 5.11 Å². The smallest absolute Gasteiger partial charge is 0.316 e. The lowest BCUT2D eigenvalue weighted by atomic mass is 10.2. The fourth-order valence-electron chi connectivity index (χ4n) is 0.974. The molecule has 1 unspecified atom stereocenters. The van der Waals surface area contributed by atoms with Gasteiger partial charge >= 0.3 is 5.97 Å². The predicted octanol–water partition coefficient (Wildman–Crippen LogP) is 2.25. The van der Waals surface area contributed by atoms with Crippen molar-refractivity contribution in [1.29, 1.82) is 0 Å². The molecule has 0 bridgehead atoms. The molecule has 15 heavy (non-hydrogen) atoms. The Labute approximate surface area is 99.7 Å². The van der Waals surface area contributed by atoms with E-state index in [0.29, 0.717) is 0 Å². The SMILES string of the molecule is CC(SCCc1ccncc1)C(=O)O.Cl. The van der Waals surface area contributed by atoms with Gasteiger partial charge in [-0.25, -0.2) is 0 Å². The Bertz CT molecular complexity index is 295. The third-order valence-corrected chi connectivity index (χ3v) is 3.00. The molecule has 1 atom stereocenters. The first-order valence-corrected chi connectivity index (χ1v) is 5.48. The molecule has 0 aromatic carbocycles. The summed E-state index contributed by atoms with van der Waals surface area (Å²) < 4.78 is 0. The van der Waals surface area contributed by atoms with Crippen LogP contribution in [-0.2, 0) is 11.2 Å². The highest BCUT2D eigenvalue weighted by Crippen LogP contribution is 2.12. The summed E-state index contributed by atoms with van der Waals surface area (Å²) in [5.74, 6) is 0.0852. The van der Waals surface area contributed by atoms with Crippen LogP contribution in [0.25, 0.3) is 0 Å². The first-order chi connectivity index (χ1) is 6.70. The molecule has 0 spiro atoms. The Kier molecular flexibility index (Phi) is 7.17. The highest BCUT2D eigenvalue weighted by molar-refractivity contribution is 8.00. The Morgan fingerprint density at radius 1 is 1.53 bits per heavy atom. The summed E-state index contributed by atoms with van der Waals surface area (Å²) >= 11 is 1.46. The van der Waals surface area contributed by atoms with Crippen molar-refractivity contribution in [2.45, 2.75) is 18.6 Å². The minimum absolute atomic E-state index is 0. The second-order valence-corrected chi connectivity index (χ2v) is 4.41. The number of rotatable bonds is 5. The van der Waals surface area contributed by atoms with Gasteiger partial charge in [0.05, 0.1) is 5.25 Å². The van der Waals surface area contributed by atoms with E-state index in [1.807, 2.05) is 12.1 Å². The zero-order chi connectivity index (χ0) is 10.4. The Morgan fingerprint density at radius 3 is 2.67 bits per heavy atom. The molecular formula is C10H14ClNO2S. The first-order valence-electron chi connectivity index (χ1n) is 4.43. The number of hydrogen-bond acceptors (Lipinski definition) is 3. The molecule has 0 saturated carbocycles. The van der Waals surface area contributed by atoms with E-state index in [2.05, 4.69) is 4.98 Å². The largest absolute Gasteiger partial charge is 0.480 e. The van der Waals surface area contributed by atoms with Gasteiger partial charge in [0.1, 0.15) is 0 Å². The van der Waals surface area contributed by atoms with E-state index in [-0.39, 0.29) is 17.7 Å². The van der Waals surface area contributed by atoms with Crippen LogP contribution in [0.5, 0.6) is 0 Å². The van der Waals surface area contributed by atoms with E-state index in [1.54, 1.807) is 19.3 Å². The molecule has 1 N–H and O–H groups in total. The van der Waals surface area contributed by atoms with E-state index in [1.165, 1.54) is 17.3 Å². The second kappa shape index (κ2) is 7.54. The highest BCUT2D eigenvalue weighted by atomic mass is 35.5. The van der Waals surface area contributed by atoms with Gasteiger partial charge in [-0.2, -0.15) is 0 Å². The number of hydrogen-bond donors (Lipinski definition) is 1. The third-order valence-electron chi connectivity index (χ3n) is 1.86. The summed E-state index contributed by atoms with van der Waals surface area (Å²) in [6.07, 6.45) is 4.39. The van der Waals surface area contributed by atoms with Crippen molar-refractivity contribution >= 4 is 30.1 Å². The van der Waals surface area contributed by atoms with Crippen molar-refractivity contribution in [2.75, 3.05) is 5.75 Å². The van der Waals surface area contributed by atoms with Crippen LogP contribution < -0.4 is 0 Å². The van der Waals surface area contributed by atoms with Crippen molar-refractivity contribution in [3.63, 3.8) is 0 Å². The summed E-state index contributed by atoms with van der Waals surface area (Å²) in [7, 11) is 0. The minimum Gasteiger partial charge on any atom is -0.480 e. The first kappa shape index (κ1) is 14.3. The third kappa shape index (κ3) is 5.64. The Balaban J connectivity index is 0.00000196. The molecule has 1 heterocycles. The summed E-state index contributed by atoms with van der Waals surface area (Å²) in [6.45, 7) is 1.71. The average Bonchev–Trinajstić information content (AvgIpc) is 2.19. The quantitative estimate of drug-likeness (QED) is 0.867. The van der Waals surface area contributed by atoms with E-state index in [9.17, 15) is 4.79 Å². The fraction of sp³-hybridized carbons (Fsp3) is 0.400. The molecule has 0 aliphatic heterocycles. The number of aliphatic carboxylic acids is 1. The van der Waals surface area contributed by atoms with E-state index in [0.717, 1.165) is 12.2 Å². The zero-order valence-corrected chi connectivity index (χ0v) is 10.1. The van der Waals surface area contributed by atoms with E-state index >= 15 is 0 Å². The Hall–Kier alpha value is -0.740. The molecule has 0 aliphatic rings. The molecule has 0 fully saturated rings. The van der Waals surface area contributed by atoms with Crippen LogP contribution in [-0.4, -0.2) is 27.1 Å². The van der Waals surface area contributed by atoms with Gasteiger partial charge in [0.2, 0.25) is 0 Å². The van der Waals surface area contributed by atoms with Crippen molar-refractivity contribution in [1.82, 2.24) is 4.98 Å². The number of halogens is 1. The molecule has 1 rings (SSSR count).